The van der Waals surface area contributed by atoms with E-state index < -0.39 is 11.7 Å². The summed E-state index contributed by atoms with van der Waals surface area (Å²) in [5.74, 6) is -0.872. The molecular formula is C29H31FN6O3. The summed E-state index contributed by atoms with van der Waals surface area (Å²) in [5.41, 5.74) is 3.17. The maximum atomic E-state index is 14.9. The van der Waals surface area contributed by atoms with Gasteiger partial charge in [0.15, 0.2) is 0 Å². The van der Waals surface area contributed by atoms with E-state index in [-0.39, 0.29) is 17.7 Å². The predicted molar refractivity (Wildman–Crippen MR) is 149 cm³/mol. The van der Waals surface area contributed by atoms with Crippen LogP contribution in [0, 0.1) is 5.82 Å². The van der Waals surface area contributed by atoms with Crippen LogP contribution in [0.1, 0.15) is 28.8 Å². The molecular weight excluding hydrogens is 499 g/mol. The predicted octanol–water partition coefficient (Wildman–Crippen LogP) is 4.34. The lowest BCUT2D eigenvalue weighted by Crippen LogP contribution is -2.35. The van der Waals surface area contributed by atoms with Gasteiger partial charge < -0.3 is 20.6 Å². The Balaban J connectivity index is 1.27. The minimum atomic E-state index is -0.590. The number of likely N-dealkylation sites (tertiary alicyclic amines) is 1. The number of hydrogen-bond acceptors (Lipinski definition) is 6. The molecule has 1 fully saturated rings. The molecule has 3 heterocycles. The first kappa shape index (κ1) is 26.3. The Morgan fingerprint density at radius 2 is 1.85 bits per heavy atom. The number of pyridine rings is 1. The van der Waals surface area contributed by atoms with E-state index in [0.29, 0.717) is 25.2 Å². The summed E-state index contributed by atoms with van der Waals surface area (Å²) in [6, 6.07) is 15.6. The second kappa shape index (κ2) is 11.2. The fraction of sp³-hybridized carbons (Fsp3) is 0.276. The normalized spacial score (nSPS) is 14.4. The summed E-state index contributed by atoms with van der Waals surface area (Å²) in [5, 5.41) is 15.9. The smallest absolute Gasteiger partial charge is 0.325 e. The van der Waals surface area contributed by atoms with Gasteiger partial charge in [0.05, 0.1) is 17.2 Å². The highest BCUT2D eigenvalue weighted by Gasteiger charge is 2.19. The highest BCUT2D eigenvalue weighted by molar-refractivity contribution is 6.04. The topological polar surface area (TPSA) is 103 Å². The lowest BCUT2D eigenvalue weighted by molar-refractivity contribution is 0.0791. The standard InChI is InChI=1S/C29H31FN6O3/c1-31-29(39)36-14-8-20-16-21(4-6-26(20)36)34(2)22-7-11-32-27(17-22)33-28(38)24-5-3-19(15-25(24)30)18-35-12-9-23(37)10-13-35/h3-8,11,14-17,23,37H,9-10,12-13,18H2,1-2H3,(H,31,39)(H,32,33,38). The van der Waals surface area contributed by atoms with Crippen LogP contribution in [0.2, 0.25) is 0 Å². The number of aliphatic hydroxyl groups is 1. The van der Waals surface area contributed by atoms with Crippen LogP contribution in [-0.4, -0.2) is 64.8 Å². The molecule has 4 aromatic rings. The third-order valence-corrected chi connectivity index (χ3v) is 7.11. The number of benzene rings is 2. The van der Waals surface area contributed by atoms with E-state index in [0.717, 1.165) is 40.9 Å². The van der Waals surface area contributed by atoms with Crippen LogP contribution in [-0.2, 0) is 6.54 Å². The highest BCUT2D eigenvalue weighted by atomic mass is 19.1. The number of nitrogens with zero attached hydrogens (tertiary/aromatic N) is 4. The molecule has 0 saturated carbocycles. The Kier molecular flexibility index (Phi) is 7.58. The average Bonchev–Trinajstić information content (AvgIpc) is 3.37. The summed E-state index contributed by atoms with van der Waals surface area (Å²) in [4.78, 5) is 33.3. The zero-order valence-corrected chi connectivity index (χ0v) is 21.9. The third kappa shape index (κ3) is 5.76. The monoisotopic (exact) mass is 530 g/mol. The number of amides is 2. The van der Waals surface area contributed by atoms with Crippen LogP contribution >= 0.6 is 0 Å². The van der Waals surface area contributed by atoms with Crippen LogP contribution in [0.25, 0.3) is 10.9 Å². The molecule has 0 radical (unpaired) electrons. The second-order valence-corrected chi connectivity index (χ2v) is 9.72. The third-order valence-electron chi connectivity index (χ3n) is 7.11. The Bertz CT molecular complexity index is 1510. The van der Waals surface area contributed by atoms with Gasteiger partial charge in [0.1, 0.15) is 11.6 Å². The van der Waals surface area contributed by atoms with Crippen LogP contribution in [0.3, 0.4) is 0 Å². The number of fused-ring (bicyclic) bond motifs is 1. The molecule has 3 N–H and O–H groups in total. The van der Waals surface area contributed by atoms with Crippen molar-refractivity contribution < 1.29 is 19.1 Å². The van der Waals surface area contributed by atoms with Crippen LogP contribution in [0.5, 0.6) is 0 Å². The number of aliphatic hydroxyl groups excluding tert-OH is 1. The lowest BCUT2D eigenvalue weighted by Gasteiger charge is -2.29. The number of hydrogen-bond donors (Lipinski definition) is 3. The van der Waals surface area contributed by atoms with Crippen molar-refractivity contribution >= 4 is 40.0 Å². The van der Waals surface area contributed by atoms with E-state index >= 15 is 0 Å². The van der Waals surface area contributed by atoms with E-state index in [2.05, 4.69) is 20.5 Å². The number of piperidine rings is 1. The first-order valence-electron chi connectivity index (χ1n) is 12.9. The molecule has 0 unspecified atom stereocenters. The van der Waals surface area contributed by atoms with Gasteiger partial charge in [-0.15, -0.1) is 0 Å². The summed E-state index contributed by atoms with van der Waals surface area (Å²) >= 11 is 0. The number of nitrogens with one attached hydrogen (secondary N) is 2. The van der Waals surface area contributed by atoms with Gasteiger partial charge in [0, 0.05) is 69.0 Å². The molecule has 5 rings (SSSR count). The highest BCUT2D eigenvalue weighted by Crippen LogP contribution is 2.29. The molecule has 1 aliphatic heterocycles. The van der Waals surface area contributed by atoms with Gasteiger partial charge in [0.2, 0.25) is 0 Å². The average molecular weight is 531 g/mol. The van der Waals surface area contributed by atoms with Gasteiger partial charge >= 0.3 is 6.03 Å². The molecule has 2 aromatic carbocycles. The number of rotatable bonds is 6. The molecule has 9 nitrogen and oxygen atoms in total. The van der Waals surface area contributed by atoms with Gasteiger partial charge in [-0.3, -0.25) is 14.3 Å². The summed E-state index contributed by atoms with van der Waals surface area (Å²) in [6.07, 6.45) is 4.46. The number of carbonyl (C=O) groups excluding carboxylic acids is 2. The van der Waals surface area contributed by atoms with E-state index in [1.54, 1.807) is 36.1 Å². The summed E-state index contributed by atoms with van der Waals surface area (Å²) in [7, 11) is 3.47. The number of anilines is 3. The van der Waals surface area contributed by atoms with Crippen molar-refractivity contribution in [1.29, 1.82) is 0 Å². The number of carbonyl (C=O) groups is 2. The molecule has 2 amide bonds. The number of halogens is 1. The van der Waals surface area contributed by atoms with Crippen LogP contribution in [0.15, 0.2) is 67.0 Å². The minimum Gasteiger partial charge on any atom is -0.393 e. The van der Waals surface area contributed by atoms with Gasteiger partial charge in [0.25, 0.3) is 5.91 Å². The maximum absolute atomic E-state index is 14.9. The van der Waals surface area contributed by atoms with Crippen molar-refractivity contribution in [2.24, 2.45) is 0 Å². The van der Waals surface area contributed by atoms with Crippen molar-refractivity contribution in [2.45, 2.75) is 25.5 Å². The van der Waals surface area contributed by atoms with Crippen LogP contribution in [0.4, 0.5) is 26.4 Å². The fourth-order valence-corrected chi connectivity index (χ4v) is 4.84. The van der Waals surface area contributed by atoms with Crippen LogP contribution < -0.4 is 15.5 Å². The second-order valence-electron chi connectivity index (χ2n) is 9.72. The molecule has 0 atom stereocenters. The Labute approximate surface area is 225 Å². The van der Waals surface area contributed by atoms with E-state index in [1.165, 1.54) is 12.1 Å². The molecule has 2 aromatic heterocycles. The summed E-state index contributed by atoms with van der Waals surface area (Å²) in [6.45, 7) is 2.10. The molecule has 39 heavy (non-hydrogen) atoms. The van der Waals surface area contributed by atoms with E-state index in [9.17, 15) is 19.1 Å². The minimum absolute atomic E-state index is 0.0561. The van der Waals surface area contributed by atoms with Crippen molar-refractivity contribution in [2.75, 3.05) is 37.4 Å². The van der Waals surface area contributed by atoms with Gasteiger partial charge in [-0.05, 0) is 60.9 Å². The Morgan fingerprint density at radius 1 is 1.08 bits per heavy atom. The zero-order chi connectivity index (χ0) is 27.5. The zero-order valence-electron chi connectivity index (χ0n) is 21.9. The van der Waals surface area contributed by atoms with Gasteiger partial charge in [-0.1, -0.05) is 6.07 Å². The molecule has 10 heteroatoms. The first-order chi connectivity index (χ1) is 18.8. The Morgan fingerprint density at radius 3 is 2.59 bits per heavy atom. The van der Waals surface area contributed by atoms with E-state index in [1.807, 2.05) is 42.3 Å². The molecule has 1 aliphatic rings. The molecule has 0 bridgehead atoms. The quantitative estimate of drug-likeness (QED) is 0.343. The van der Waals surface area contributed by atoms with Crippen molar-refractivity contribution in [3.8, 4) is 0 Å². The number of aromatic nitrogens is 2. The molecule has 202 valence electrons. The molecule has 1 saturated heterocycles. The van der Waals surface area contributed by atoms with Crippen molar-refractivity contribution in [1.82, 2.24) is 19.8 Å². The van der Waals surface area contributed by atoms with Gasteiger partial charge in [-0.25, -0.2) is 14.2 Å². The van der Waals surface area contributed by atoms with Crippen molar-refractivity contribution in [3.63, 3.8) is 0 Å². The maximum Gasteiger partial charge on any atom is 0.325 e. The molecule has 0 aliphatic carbocycles. The summed E-state index contributed by atoms with van der Waals surface area (Å²) < 4.78 is 16.4. The largest absolute Gasteiger partial charge is 0.393 e. The van der Waals surface area contributed by atoms with Crippen molar-refractivity contribution in [3.05, 3.63) is 83.9 Å². The SMILES string of the molecule is CNC(=O)n1ccc2cc(N(C)c3ccnc(NC(=O)c4ccc(CN5CCC(O)CC5)cc4F)c3)ccc21. The van der Waals surface area contributed by atoms with E-state index in [4.69, 9.17) is 0 Å². The fourth-order valence-electron chi connectivity index (χ4n) is 4.84. The Hall–Kier alpha value is -4.28. The lowest BCUT2D eigenvalue weighted by atomic mass is 10.1. The molecule has 0 spiro atoms. The van der Waals surface area contributed by atoms with Gasteiger partial charge in [-0.2, -0.15) is 0 Å². The first-order valence-corrected chi connectivity index (χ1v) is 12.9.